The highest BCUT2D eigenvalue weighted by atomic mass is 35.5. The van der Waals surface area contributed by atoms with Crippen LogP contribution >= 0.6 is 23.2 Å². The van der Waals surface area contributed by atoms with Gasteiger partial charge >= 0.3 is 5.97 Å². The van der Waals surface area contributed by atoms with E-state index in [9.17, 15) is 14.0 Å². The zero-order chi connectivity index (χ0) is 18.7. The van der Waals surface area contributed by atoms with Crippen molar-refractivity contribution in [2.45, 2.75) is 31.1 Å². The minimum atomic E-state index is -0.814. The largest absolute Gasteiger partial charge is 0.457 e. The molecule has 6 heteroatoms. The molecule has 1 fully saturated rings. The minimum absolute atomic E-state index is 0.266. The van der Waals surface area contributed by atoms with Gasteiger partial charge < -0.3 is 4.74 Å². The van der Waals surface area contributed by atoms with Gasteiger partial charge in [0.1, 0.15) is 5.82 Å². The van der Waals surface area contributed by atoms with Gasteiger partial charge in [-0.1, -0.05) is 48.2 Å². The molecule has 1 aliphatic carbocycles. The Morgan fingerprint density at radius 1 is 1.00 bits per heavy atom. The molecule has 1 saturated carbocycles. The third kappa shape index (κ3) is 3.76. The highest BCUT2D eigenvalue weighted by Gasteiger charge is 2.44. The second-order valence-corrected chi connectivity index (χ2v) is 7.24. The first-order valence-electron chi connectivity index (χ1n) is 8.34. The average molecular weight is 395 g/mol. The summed E-state index contributed by atoms with van der Waals surface area (Å²) < 4.78 is 18.6. The molecule has 0 bridgehead atoms. The first kappa shape index (κ1) is 18.9. The van der Waals surface area contributed by atoms with Gasteiger partial charge in [0.15, 0.2) is 12.4 Å². The number of hydrogen-bond acceptors (Lipinski definition) is 3. The highest BCUT2D eigenvalue weighted by Crippen LogP contribution is 2.42. The summed E-state index contributed by atoms with van der Waals surface area (Å²) in [7, 11) is 0. The van der Waals surface area contributed by atoms with E-state index < -0.39 is 11.4 Å². The highest BCUT2D eigenvalue weighted by molar-refractivity contribution is 6.42. The fraction of sp³-hybridized carbons (Fsp3) is 0.300. The van der Waals surface area contributed by atoms with Gasteiger partial charge in [-0.3, -0.25) is 9.59 Å². The van der Waals surface area contributed by atoms with Crippen LogP contribution in [-0.2, 0) is 14.9 Å². The molecular formula is C20H17Cl2FO3. The third-order valence-electron chi connectivity index (χ3n) is 4.82. The van der Waals surface area contributed by atoms with Crippen molar-refractivity contribution in [3.05, 3.63) is 69.5 Å². The van der Waals surface area contributed by atoms with Crippen LogP contribution in [0.2, 0.25) is 10.0 Å². The van der Waals surface area contributed by atoms with Crippen molar-refractivity contribution in [1.82, 2.24) is 0 Å². The SMILES string of the molecule is O=C(COC(=O)C1(c2ccc(F)cc2)CCCC1)c1ccc(Cl)c(Cl)c1. The Morgan fingerprint density at radius 2 is 1.65 bits per heavy atom. The van der Waals surface area contributed by atoms with Gasteiger partial charge in [0.2, 0.25) is 0 Å². The Hall–Kier alpha value is -1.91. The molecule has 0 amide bonds. The number of Topliss-reactive ketones (excluding diaryl/α,β-unsaturated/α-hetero) is 1. The Balaban J connectivity index is 1.73. The molecule has 3 nitrogen and oxygen atoms in total. The summed E-state index contributed by atoms with van der Waals surface area (Å²) in [5.74, 6) is -1.16. The predicted molar refractivity (Wildman–Crippen MR) is 98.3 cm³/mol. The molecule has 2 aromatic carbocycles. The van der Waals surface area contributed by atoms with Crippen LogP contribution in [0.4, 0.5) is 4.39 Å². The maximum absolute atomic E-state index is 13.2. The number of ketones is 1. The molecule has 0 N–H and O–H groups in total. The first-order valence-corrected chi connectivity index (χ1v) is 9.09. The number of rotatable bonds is 5. The summed E-state index contributed by atoms with van der Waals surface area (Å²) in [6.45, 7) is -0.375. The molecule has 26 heavy (non-hydrogen) atoms. The normalized spacial score (nSPS) is 15.7. The van der Waals surface area contributed by atoms with Crippen LogP contribution in [0.3, 0.4) is 0 Å². The fourth-order valence-corrected chi connectivity index (χ4v) is 3.68. The zero-order valence-corrected chi connectivity index (χ0v) is 15.4. The van der Waals surface area contributed by atoms with E-state index in [4.69, 9.17) is 27.9 Å². The quantitative estimate of drug-likeness (QED) is 0.505. The number of carbonyl (C=O) groups is 2. The summed E-state index contributed by atoms with van der Waals surface area (Å²) in [5, 5.41) is 0.615. The third-order valence-corrected chi connectivity index (χ3v) is 5.56. The monoisotopic (exact) mass is 394 g/mol. The van der Waals surface area contributed by atoms with Crippen molar-refractivity contribution < 1.29 is 18.7 Å². The average Bonchev–Trinajstić information content (AvgIpc) is 3.13. The summed E-state index contributed by atoms with van der Waals surface area (Å²) >= 11 is 11.8. The summed E-state index contributed by atoms with van der Waals surface area (Å²) in [6, 6.07) is 10.4. The van der Waals surface area contributed by atoms with Gasteiger partial charge in [-0.25, -0.2) is 4.39 Å². The van der Waals surface area contributed by atoms with Crippen molar-refractivity contribution in [3.8, 4) is 0 Å². The molecule has 0 heterocycles. The van der Waals surface area contributed by atoms with Gasteiger partial charge in [0.05, 0.1) is 15.5 Å². The van der Waals surface area contributed by atoms with Crippen molar-refractivity contribution in [3.63, 3.8) is 0 Å². The molecule has 0 spiro atoms. The molecule has 0 atom stereocenters. The van der Waals surface area contributed by atoms with Crippen LogP contribution in [0.15, 0.2) is 42.5 Å². The maximum Gasteiger partial charge on any atom is 0.317 e. The van der Waals surface area contributed by atoms with E-state index in [-0.39, 0.29) is 23.2 Å². The topological polar surface area (TPSA) is 43.4 Å². The Bertz CT molecular complexity index is 827. The van der Waals surface area contributed by atoms with Gasteiger partial charge in [0.25, 0.3) is 0 Å². The second-order valence-electron chi connectivity index (χ2n) is 6.42. The number of hydrogen-bond donors (Lipinski definition) is 0. The lowest BCUT2D eigenvalue weighted by atomic mass is 9.79. The molecule has 0 unspecified atom stereocenters. The summed E-state index contributed by atoms with van der Waals surface area (Å²) in [6.07, 6.45) is 3.01. The van der Waals surface area contributed by atoms with Crippen LogP contribution in [0.5, 0.6) is 0 Å². The number of carbonyl (C=O) groups excluding carboxylic acids is 2. The van der Waals surface area contributed by atoms with E-state index in [1.165, 1.54) is 30.3 Å². The molecule has 0 saturated heterocycles. The maximum atomic E-state index is 13.2. The van der Waals surface area contributed by atoms with Crippen molar-refractivity contribution >= 4 is 35.0 Å². The van der Waals surface area contributed by atoms with Gasteiger partial charge in [-0.2, -0.15) is 0 Å². The second kappa shape index (κ2) is 7.77. The Kier molecular flexibility index (Phi) is 5.64. The number of halogens is 3. The standard InChI is InChI=1S/C20H17Cl2FO3/c21-16-8-3-13(11-17(16)22)18(24)12-26-19(25)20(9-1-2-10-20)14-4-6-15(23)7-5-14/h3-8,11H,1-2,9-10,12H2. The molecular weight excluding hydrogens is 378 g/mol. The Labute approximate surface area is 161 Å². The molecule has 1 aliphatic rings. The van der Waals surface area contributed by atoms with Crippen LogP contribution < -0.4 is 0 Å². The molecule has 3 rings (SSSR count). The van der Waals surface area contributed by atoms with E-state index in [1.807, 2.05) is 0 Å². The van der Waals surface area contributed by atoms with Gasteiger partial charge in [-0.05, 0) is 48.7 Å². The molecule has 0 radical (unpaired) electrons. The van der Waals surface area contributed by atoms with Crippen LogP contribution in [0, 0.1) is 5.82 Å². The zero-order valence-electron chi connectivity index (χ0n) is 13.9. The molecule has 136 valence electrons. The van der Waals surface area contributed by atoms with E-state index in [2.05, 4.69) is 0 Å². The van der Waals surface area contributed by atoms with Crippen LogP contribution in [0.25, 0.3) is 0 Å². The number of ether oxygens (including phenoxy) is 1. The molecule has 2 aromatic rings. The van der Waals surface area contributed by atoms with E-state index in [1.54, 1.807) is 12.1 Å². The van der Waals surface area contributed by atoms with E-state index in [0.29, 0.717) is 23.4 Å². The Morgan fingerprint density at radius 3 is 2.27 bits per heavy atom. The van der Waals surface area contributed by atoms with Gasteiger partial charge in [-0.15, -0.1) is 0 Å². The molecule has 0 aromatic heterocycles. The van der Waals surface area contributed by atoms with Crippen LogP contribution in [-0.4, -0.2) is 18.4 Å². The van der Waals surface area contributed by atoms with Crippen molar-refractivity contribution in [2.24, 2.45) is 0 Å². The first-order chi connectivity index (χ1) is 12.4. The smallest absolute Gasteiger partial charge is 0.317 e. The lowest BCUT2D eigenvalue weighted by Gasteiger charge is -2.27. The lowest BCUT2D eigenvalue weighted by Crippen LogP contribution is -2.35. The number of esters is 1. The van der Waals surface area contributed by atoms with Crippen LogP contribution in [0.1, 0.15) is 41.6 Å². The van der Waals surface area contributed by atoms with E-state index >= 15 is 0 Å². The van der Waals surface area contributed by atoms with Crippen molar-refractivity contribution in [1.29, 1.82) is 0 Å². The summed E-state index contributed by atoms with van der Waals surface area (Å²) in [5.41, 5.74) is 0.240. The predicted octanol–water partition coefficient (Wildman–Crippen LogP) is 5.37. The summed E-state index contributed by atoms with van der Waals surface area (Å²) in [4.78, 5) is 25.1. The van der Waals surface area contributed by atoms with E-state index in [0.717, 1.165) is 18.4 Å². The van der Waals surface area contributed by atoms with Gasteiger partial charge in [0, 0.05) is 5.56 Å². The minimum Gasteiger partial charge on any atom is -0.457 e. The lowest BCUT2D eigenvalue weighted by molar-refractivity contribution is -0.149. The fourth-order valence-electron chi connectivity index (χ4n) is 3.38. The molecule has 0 aliphatic heterocycles. The number of benzene rings is 2. The van der Waals surface area contributed by atoms with Crippen molar-refractivity contribution in [2.75, 3.05) is 6.61 Å².